The van der Waals surface area contributed by atoms with Gasteiger partial charge in [-0.15, -0.1) is 0 Å². The molecule has 1 amide bonds. The molecule has 6 heteroatoms. The lowest BCUT2D eigenvalue weighted by molar-refractivity contribution is -0.136. The summed E-state index contributed by atoms with van der Waals surface area (Å²) in [6, 6.07) is 6.60. The Morgan fingerprint density at radius 1 is 1.00 bits per heavy atom. The summed E-state index contributed by atoms with van der Waals surface area (Å²) >= 11 is 0. The molecule has 1 aromatic rings. The Morgan fingerprint density at radius 2 is 1.81 bits per heavy atom. The number of hydrogen-bond donors (Lipinski definition) is 0. The van der Waals surface area contributed by atoms with Crippen molar-refractivity contribution in [1.82, 2.24) is 14.8 Å². The number of rotatable bonds is 3. The van der Waals surface area contributed by atoms with E-state index in [-0.39, 0.29) is 5.92 Å². The summed E-state index contributed by atoms with van der Waals surface area (Å²) in [4.78, 5) is 24.4. The Hall–Kier alpha value is -2.13. The lowest BCUT2D eigenvalue weighted by Gasteiger charge is -2.37. The molecule has 3 fully saturated rings. The average Bonchev–Trinajstić information content (AvgIpc) is 2.92. The van der Waals surface area contributed by atoms with Crippen molar-refractivity contribution in [3.8, 4) is 6.07 Å². The van der Waals surface area contributed by atoms with Crippen LogP contribution in [-0.2, 0) is 4.79 Å². The van der Waals surface area contributed by atoms with Crippen molar-refractivity contribution in [1.29, 1.82) is 5.26 Å². The normalized spacial score (nSPS) is 22.8. The van der Waals surface area contributed by atoms with E-state index in [1.165, 1.54) is 19.3 Å². The lowest BCUT2D eigenvalue weighted by atomic mass is 9.91. The molecule has 1 aliphatic carbocycles. The van der Waals surface area contributed by atoms with Gasteiger partial charge in [-0.2, -0.15) is 5.26 Å². The quantitative estimate of drug-likeness (QED) is 0.820. The van der Waals surface area contributed by atoms with Crippen molar-refractivity contribution in [2.75, 3.05) is 44.2 Å². The van der Waals surface area contributed by atoms with E-state index in [0.717, 1.165) is 70.4 Å². The summed E-state index contributed by atoms with van der Waals surface area (Å²) in [5.74, 6) is 1.42. The molecule has 2 aliphatic heterocycles. The molecule has 3 heterocycles. The number of aromatic nitrogens is 1. The smallest absolute Gasteiger partial charge is 0.225 e. The summed E-state index contributed by atoms with van der Waals surface area (Å²) in [6.45, 7) is 5.72. The molecule has 27 heavy (non-hydrogen) atoms. The van der Waals surface area contributed by atoms with Crippen molar-refractivity contribution in [3.05, 3.63) is 23.9 Å². The summed E-state index contributed by atoms with van der Waals surface area (Å²) in [7, 11) is 0. The SMILES string of the molecule is N#Cc1ccc(N2CCC(C(=O)N3CCCN(C4CCC4)CC3)CC2)nc1. The predicted octanol–water partition coefficient (Wildman–Crippen LogP) is 2.26. The maximum atomic E-state index is 13.0. The number of nitrogens with zero attached hydrogens (tertiary/aromatic N) is 5. The standard InChI is InChI=1S/C21H29N5O/c22-15-17-5-6-20(23-16-17)25-11-7-18(8-12-25)21(27)26-10-2-9-24(13-14-26)19-3-1-4-19/h5-6,16,18-19H,1-4,7-14H2. The van der Waals surface area contributed by atoms with E-state index in [2.05, 4.69) is 25.8 Å². The Balaban J connectivity index is 1.28. The van der Waals surface area contributed by atoms with Gasteiger partial charge in [0.05, 0.1) is 5.56 Å². The third-order valence-corrected chi connectivity index (χ3v) is 6.48. The Bertz CT molecular complexity index is 686. The van der Waals surface area contributed by atoms with E-state index < -0.39 is 0 Å². The maximum absolute atomic E-state index is 13.0. The Kier molecular flexibility index (Phi) is 5.58. The first-order valence-electron chi connectivity index (χ1n) is 10.4. The van der Waals surface area contributed by atoms with Crippen LogP contribution >= 0.6 is 0 Å². The van der Waals surface area contributed by atoms with Gasteiger partial charge in [-0.05, 0) is 44.2 Å². The fraction of sp³-hybridized carbons (Fsp3) is 0.667. The van der Waals surface area contributed by atoms with Crippen LogP contribution in [0.1, 0.15) is 44.1 Å². The minimum atomic E-state index is 0.148. The molecule has 0 unspecified atom stereocenters. The molecule has 4 rings (SSSR count). The largest absolute Gasteiger partial charge is 0.357 e. The van der Waals surface area contributed by atoms with Crippen molar-refractivity contribution in [3.63, 3.8) is 0 Å². The molecule has 0 radical (unpaired) electrons. The molecule has 0 atom stereocenters. The number of nitriles is 1. The molecule has 0 aromatic carbocycles. The molecular weight excluding hydrogens is 338 g/mol. The van der Waals surface area contributed by atoms with Crippen LogP contribution in [0.3, 0.4) is 0 Å². The van der Waals surface area contributed by atoms with Crippen molar-refractivity contribution in [2.45, 2.75) is 44.6 Å². The maximum Gasteiger partial charge on any atom is 0.225 e. The molecular formula is C21H29N5O. The van der Waals surface area contributed by atoms with Gasteiger partial charge in [0.2, 0.25) is 5.91 Å². The van der Waals surface area contributed by atoms with Gasteiger partial charge in [0.15, 0.2) is 0 Å². The van der Waals surface area contributed by atoms with Gasteiger partial charge < -0.3 is 9.80 Å². The van der Waals surface area contributed by atoms with E-state index in [4.69, 9.17) is 5.26 Å². The highest BCUT2D eigenvalue weighted by Crippen LogP contribution is 2.27. The van der Waals surface area contributed by atoms with Crippen molar-refractivity contribution in [2.24, 2.45) is 5.92 Å². The number of anilines is 1. The van der Waals surface area contributed by atoms with Crippen LogP contribution in [0.15, 0.2) is 18.3 Å². The van der Waals surface area contributed by atoms with Gasteiger partial charge in [0.1, 0.15) is 11.9 Å². The third-order valence-electron chi connectivity index (χ3n) is 6.48. The predicted molar refractivity (Wildman–Crippen MR) is 104 cm³/mol. The Labute approximate surface area is 161 Å². The first-order valence-corrected chi connectivity index (χ1v) is 10.4. The van der Waals surface area contributed by atoms with E-state index in [0.29, 0.717) is 11.5 Å². The summed E-state index contributed by atoms with van der Waals surface area (Å²) in [5, 5.41) is 8.89. The highest BCUT2D eigenvalue weighted by molar-refractivity contribution is 5.79. The van der Waals surface area contributed by atoms with Gasteiger partial charge in [-0.25, -0.2) is 4.98 Å². The second-order valence-electron chi connectivity index (χ2n) is 8.08. The van der Waals surface area contributed by atoms with E-state index in [1.807, 2.05) is 12.1 Å². The fourth-order valence-electron chi connectivity index (χ4n) is 4.53. The van der Waals surface area contributed by atoms with Crippen LogP contribution in [0.25, 0.3) is 0 Å². The molecule has 0 N–H and O–H groups in total. The van der Waals surface area contributed by atoms with Crippen LogP contribution in [0.2, 0.25) is 0 Å². The molecule has 2 saturated heterocycles. The van der Waals surface area contributed by atoms with Crippen LogP contribution < -0.4 is 4.90 Å². The first kappa shape index (κ1) is 18.2. The second-order valence-corrected chi connectivity index (χ2v) is 8.08. The number of amides is 1. The minimum Gasteiger partial charge on any atom is -0.357 e. The number of carbonyl (C=O) groups excluding carboxylic acids is 1. The minimum absolute atomic E-state index is 0.148. The van der Waals surface area contributed by atoms with Crippen molar-refractivity contribution < 1.29 is 4.79 Å². The van der Waals surface area contributed by atoms with Gasteiger partial charge in [0.25, 0.3) is 0 Å². The van der Waals surface area contributed by atoms with Crippen LogP contribution in [0, 0.1) is 17.2 Å². The molecule has 1 saturated carbocycles. The molecule has 0 bridgehead atoms. The lowest BCUT2D eigenvalue weighted by Crippen LogP contribution is -2.45. The number of hydrogen-bond acceptors (Lipinski definition) is 5. The monoisotopic (exact) mass is 367 g/mol. The van der Waals surface area contributed by atoms with Crippen molar-refractivity contribution >= 4 is 11.7 Å². The van der Waals surface area contributed by atoms with Crippen LogP contribution in [-0.4, -0.2) is 66.0 Å². The average molecular weight is 367 g/mol. The number of pyridine rings is 1. The highest BCUT2D eigenvalue weighted by Gasteiger charge is 2.32. The van der Waals surface area contributed by atoms with Gasteiger partial charge in [-0.3, -0.25) is 9.69 Å². The summed E-state index contributed by atoms with van der Waals surface area (Å²) in [6.07, 6.45) is 8.57. The van der Waals surface area contributed by atoms with Gasteiger partial charge in [0, 0.05) is 57.4 Å². The second kappa shape index (κ2) is 8.26. The number of carbonyl (C=O) groups is 1. The molecule has 1 aromatic heterocycles. The summed E-state index contributed by atoms with van der Waals surface area (Å²) in [5.41, 5.74) is 0.584. The van der Waals surface area contributed by atoms with Gasteiger partial charge in [-0.1, -0.05) is 6.42 Å². The highest BCUT2D eigenvalue weighted by atomic mass is 16.2. The molecule has 144 valence electrons. The summed E-state index contributed by atoms with van der Waals surface area (Å²) < 4.78 is 0. The zero-order valence-corrected chi connectivity index (χ0v) is 16.0. The number of piperidine rings is 1. The Morgan fingerprint density at radius 3 is 2.44 bits per heavy atom. The third kappa shape index (κ3) is 4.08. The zero-order valence-electron chi connectivity index (χ0n) is 16.0. The molecule has 6 nitrogen and oxygen atoms in total. The van der Waals surface area contributed by atoms with Gasteiger partial charge >= 0.3 is 0 Å². The molecule has 0 spiro atoms. The van der Waals surface area contributed by atoms with Crippen LogP contribution in [0.4, 0.5) is 5.82 Å². The topological polar surface area (TPSA) is 63.5 Å². The van der Waals surface area contributed by atoms with E-state index in [9.17, 15) is 4.79 Å². The first-order chi connectivity index (χ1) is 13.2. The van der Waals surface area contributed by atoms with E-state index in [1.54, 1.807) is 6.20 Å². The fourth-order valence-corrected chi connectivity index (χ4v) is 4.53. The van der Waals surface area contributed by atoms with E-state index >= 15 is 0 Å². The molecule has 3 aliphatic rings. The zero-order chi connectivity index (χ0) is 18.6. The van der Waals surface area contributed by atoms with Crippen LogP contribution in [0.5, 0.6) is 0 Å².